The molecule has 2 aromatic carbocycles. The predicted octanol–water partition coefficient (Wildman–Crippen LogP) is 5.00. The fourth-order valence-electron chi connectivity index (χ4n) is 2.87. The van der Waals surface area contributed by atoms with Crippen LogP contribution in [0, 0.1) is 0 Å². The van der Waals surface area contributed by atoms with E-state index in [1.807, 2.05) is 56.3 Å². The van der Waals surface area contributed by atoms with Gasteiger partial charge in [-0.25, -0.2) is 4.98 Å². The zero-order valence-electron chi connectivity index (χ0n) is 16.7. The molecule has 0 aliphatic carbocycles. The quantitative estimate of drug-likeness (QED) is 0.519. The van der Waals surface area contributed by atoms with Crippen LogP contribution in [0.5, 0.6) is 5.75 Å². The molecule has 6 nitrogen and oxygen atoms in total. The summed E-state index contributed by atoms with van der Waals surface area (Å²) in [6, 6.07) is 13.3. The number of carbonyl (C=O) groups is 2. The van der Waals surface area contributed by atoms with E-state index in [0.29, 0.717) is 31.0 Å². The third kappa shape index (κ3) is 6.02. The Morgan fingerprint density at radius 1 is 1.00 bits per heavy atom. The van der Waals surface area contributed by atoms with E-state index in [9.17, 15) is 9.59 Å². The maximum atomic E-state index is 12.2. The number of rotatable bonds is 9. The summed E-state index contributed by atoms with van der Waals surface area (Å²) in [6.07, 6.45) is 2.32. The molecule has 1 heterocycles. The van der Waals surface area contributed by atoms with Crippen molar-refractivity contribution in [2.45, 2.75) is 39.5 Å². The number of nitrogens with one attached hydrogen (secondary N) is 2. The van der Waals surface area contributed by atoms with Gasteiger partial charge in [0, 0.05) is 18.5 Å². The van der Waals surface area contributed by atoms with Gasteiger partial charge in [0.2, 0.25) is 11.8 Å². The Labute approximate surface area is 174 Å². The average molecular weight is 412 g/mol. The summed E-state index contributed by atoms with van der Waals surface area (Å²) in [5, 5.41) is 6.36. The summed E-state index contributed by atoms with van der Waals surface area (Å²) < 4.78 is 6.40. The third-order valence-electron chi connectivity index (χ3n) is 4.27. The molecule has 3 rings (SSSR count). The maximum Gasteiger partial charge on any atom is 0.226 e. The lowest BCUT2D eigenvalue weighted by Gasteiger charge is -2.07. The number of anilines is 2. The molecule has 0 saturated heterocycles. The predicted molar refractivity (Wildman–Crippen MR) is 118 cm³/mol. The highest BCUT2D eigenvalue weighted by Crippen LogP contribution is 2.27. The van der Waals surface area contributed by atoms with Crippen LogP contribution in [-0.2, 0) is 16.0 Å². The first kappa shape index (κ1) is 20.8. The molecule has 7 heteroatoms. The fraction of sp³-hybridized carbons (Fsp3) is 0.318. The van der Waals surface area contributed by atoms with Crippen molar-refractivity contribution in [3.8, 4) is 5.75 Å². The summed E-state index contributed by atoms with van der Waals surface area (Å²) in [5.41, 5.74) is 2.67. The van der Waals surface area contributed by atoms with Gasteiger partial charge in [0.05, 0.1) is 16.8 Å². The van der Waals surface area contributed by atoms with Crippen molar-refractivity contribution in [3.63, 3.8) is 0 Å². The molecule has 3 aromatic rings. The van der Waals surface area contributed by atoms with Crippen LogP contribution in [0.25, 0.3) is 10.2 Å². The second-order valence-electron chi connectivity index (χ2n) is 6.62. The van der Waals surface area contributed by atoms with Crippen molar-refractivity contribution < 1.29 is 14.3 Å². The lowest BCUT2D eigenvalue weighted by molar-refractivity contribution is -0.117. The van der Waals surface area contributed by atoms with Crippen molar-refractivity contribution in [3.05, 3.63) is 48.0 Å². The van der Waals surface area contributed by atoms with Crippen LogP contribution in [-0.4, -0.2) is 23.4 Å². The van der Waals surface area contributed by atoms with Gasteiger partial charge in [-0.3, -0.25) is 9.59 Å². The van der Waals surface area contributed by atoms with Crippen molar-refractivity contribution in [1.82, 2.24) is 4.98 Å². The first-order chi connectivity index (χ1) is 14.1. The molecular weight excluding hydrogens is 386 g/mol. The van der Waals surface area contributed by atoms with Crippen molar-refractivity contribution in [2.75, 3.05) is 17.2 Å². The van der Waals surface area contributed by atoms with Gasteiger partial charge in [-0.05, 0) is 61.7 Å². The second-order valence-corrected chi connectivity index (χ2v) is 7.66. The summed E-state index contributed by atoms with van der Waals surface area (Å²) >= 11 is 1.45. The van der Waals surface area contributed by atoms with Gasteiger partial charge in [-0.15, -0.1) is 0 Å². The monoisotopic (exact) mass is 411 g/mol. The number of aromatic nitrogens is 1. The Hall–Kier alpha value is -2.93. The summed E-state index contributed by atoms with van der Waals surface area (Å²) in [5.74, 6) is 0.734. The highest BCUT2D eigenvalue weighted by molar-refractivity contribution is 7.22. The van der Waals surface area contributed by atoms with E-state index in [1.165, 1.54) is 11.3 Å². The van der Waals surface area contributed by atoms with E-state index >= 15 is 0 Å². The molecular formula is C22H25N3O3S. The minimum atomic E-state index is -0.0360. The standard InChI is InChI=1S/C22H25N3O3S/c1-3-5-20(26)25-22-24-18-12-6-15(14-19(18)29-22)7-13-21(27)23-16-8-10-17(11-9-16)28-4-2/h6,8-12,14H,3-5,7,13H2,1-2H3,(H,23,27)(H,24,25,26). The van der Waals surface area contributed by atoms with Crippen molar-refractivity contribution >= 4 is 44.2 Å². The van der Waals surface area contributed by atoms with Crippen LogP contribution in [0.1, 0.15) is 38.7 Å². The molecule has 0 unspecified atom stereocenters. The van der Waals surface area contributed by atoms with E-state index in [-0.39, 0.29) is 11.8 Å². The van der Waals surface area contributed by atoms with Crippen LogP contribution in [0.4, 0.5) is 10.8 Å². The molecule has 0 aliphatic rings. The number of fused-ring (bicyclic) bond motifs is 1. The number of carbonyl (C=O) groups excluding carboxylic acids is 2. The van der Waals surface area contributed by atoms with Gasteiger partial charge in [-0.1, -0.05) is 24.3 Å². The van der Waals surface area contributed by atoms with Crippen molar-refractivity contribution in [2.24, 2.45) is 0 Å². The molecule has 29 heavy (non-hydrogen) atoms. The van der Waals surface area contributed by atoms with Gasteiger partial charge in [0.25, 0.3) is 0 Å². The molecule has 0 aliphatic heterocycles. The van der Waals surface area contributed by atoms with Gasteiger partial charge in [0.15, 0.2) is 5.13 Å². The number of thiazole rings is 1. The van der Waals surface area contributed by atoms with Gasteiger partial charge in [-0.2, -0.15) is 0 Å². The van der Waals surface area contributed by atoms with E-state index in [1.54, 1.807) is 0 Å². The Morgan fingerprint density at radius 2 is 1.76 bits per heavy atom. The molecule has 1 aromatic heterocycles. The minimum absolute atomic E-state index is 0.0160. The molecule has 0 atom stereocenters. The number of nitrogens with zero attached hydrogens (tertiary/aromatic N) is 1. The van der Waals surface area contributed by atoms with E-state index in [2.05, 4.69) is 15.6 Å². The minimum Gasteiger partial charge on any atom is -0.494 e. The topological polar surface area (TPSA) is 80.3 Å². The van der Waals surface area contributed by atoms with Crippen LogP contribution >= 0.6 is 11.3 Å². The normalized spacial score (nSPS) is 10.7. The molecule has 2 amide bonds. The number of amides is 2. The first-order valence-electron chi connectivity index (χ1n) is 9.79. The Morgan fingerprint density at radius 3 is 2.48 bits per heavy atom. The van der Waals surface area contributed by atoms with Crippen LogP contribution in [0.2, 0.25) is 0 Å². The average Bonchev–Trinajstić information content (AvgIpc) is 3.09. The number of benzene rings is 2. The summed E-state index contributed by atoms with van der Waals surface area (Å²) in [7, 11) is 0. The molecule has 2 N–H and O–H groups in total. The molecule has 0 saturated carbocycles. The van der Waals surface area contributed by atoms with Gasteiger partial charge >= 0.3 is 0 Å². The van der Waals surface area contributed by atoms with Crippen LogP contribution in [0.3, 0.4) is 0 Å². The lowest BCUT2D eigenvalue weighted by atomic mass is 10.1. The SMILES string of the molecule is CCCC(=O)Nc1nc2ccc(CCC(=O)Nc3ccc(OCC)cc3)cc2s1. The molecule has 152 valence electrons. The highest BCUT2D eigenvalue weighted by Gasteiger charge is 2.09. The first-order valence-corrected chi connectivity index (χ1v) is 10.6. The number of hydrogen-bond acceptors (Lipinski definition) is 5. The summed E-state index contributed by atoms with van der Waals surface area (Å²) in [6.45, 7) is 4.52. The largest absolute Gasteiger partial charge is 0.494 e. The van der Waals surface area contributed by atoms with Gasteiger partial charge in [0.1, 0.15) is 5.75 Å². The van der Waals surface area contributed by atoms with Crippen LogP contribution in [0.15, 0.2) is 42.5 Å². The van der Waals surface area contributed by atoms with Gasteiger partial charge < -0.3 is 15.4 Å². The smallest absolute Gasteiger partial charge is 0.226 e. The van der Waals surface area contributed by atoms with E-state index < -0.39 is 0 Å². The number of aryl methyl sites for hydroxylation is 1. The third-order valence-corrected chi connectivity index (χ3v) is 5.20. The Balaban J connectivity index is 1.55. The zero-order chi connectivity index (χ0) is 20.6. The van der Waals surface area contributed by atoms with Crippen molar-refractivity contribution in [1.29, 1.82) is 0 Å². The highest BCUT2D eigenvalue weighted by atomic mass is 32.1. The molecule has 0 bridgehead atoms. The Kier molecular flexibility index (Phi) is 7.19. The second kappa shape index (κ2) is 10.0. The molecule has 0 radical (unpaired) electrons. The summed E-state index contributed by atoms with van der Waals surface area (Å²) in [4.78, 5) is 28.4. The molecule has 0 spiro atoms. The van der Waals surface area contributed by atoms with E-state index in [4.69, 9.17) is 4.74 Å². The molecule has 0 fully saturated rings. The number of hydrogen-bond donors (Lipinski definition) is 2. The van der Waals surface area contributed by atoms with Crippen LogP contribution < -0.4 is 15.4 Å². The Bertz CT molecular complexity index is 983. The zero-order valence-corrected chi connectivity index (χ0v) is 17.5. The number of ether oxygens (including phenoxy) is 1. The fourth-order valence-corrected chi connectivity index (χ4v) is 3.82. The lowest BCUT2D eigenvalue weighted by Crippen LogP contribution is -2.12. The maximum absolute atomic E-state index is 12.2. The van der Waals surface area contributed by atoms with E-state index in [0.717, 1.165) is 33.6 Å².